The first-order valence-electron chi connectivity index (χ1n) is 9.38. The topological polar surface area (TPSA) is 88.2 Å². The number of rotatable bonds is 5. The third kappa shape index (κ3) is 5.46. The van der Waals surface area contributed by atoms with Crippen molar-refractivity contribution < 1.29 is 13.2 Å². The monoisotopic (exact) mass is 443 g/mol. The molecule has 158 valence electrons. The number of hydrogen-bond acceptors (Lipinski definition) is 5. The van der Waals surface area contributed by atoms with Crippen LogP contribution in [0.4, 0.5) is 10.8 Å². The highest BCUT2D eigenvalue weighted by Crippen LogP contribution is 2.29. The van der Waals surface area contributed by atoms with Gasteiger partial charge in [0.2, 0.25) is 10.0 Å². The summed E-state index contributed by atoms with van der Waals surface area (Å²) in [5.41, 5.74) is 4.55. The van der Waals surface area contributed by atoms with Crippen LogP contribution in [0.1, 0.15) is 42.3 Å². The zero-order valence-electron chi connectivity index (χ0n) is 17.6. The van der Waals surface area contributed by atoms with E-state index in [1.807, 2.05) is 17.5 Å². The number of carbonyl (C=O) groups is 1. The fraction of sp³-hybridized carbons (Fsp3) is 0.273. The van der Waals surface area contributed by atoms with Crippen LogP contribution in [0.5, 0.6) is 0 Å². The van der Waals surface area contributed by atoms with E-state index in [1.165, 1.54) is 23.0 Å². The Morgan fingerprint density at radius 3 is 2.33 bits per heavy atom. The van der Waals surface area contributed by atoms with Crippen molar-refractivity contribution in [3.63, 3.8) is 0 Å². The first kappa shape index (κ1) is 22.0. The zero-order chi connectivity index (χ0) is 22.1. The smallest absolute Gasteiger partial charge is 0.257 e. The number of amides is 1. The standard InChI is InChI=1S/C22H25N3O3S2/c1-14-6-7-16(12-18(14)25-30(5,27)28)20(26)24-21-23-19(13-29-21)15-8-10-17(11-9-15)22(2,3)4/h6-13,25H,1-5H3,(H,23,24,26). The van der Waals surface area contributed by atoms with E-state index in [0.29, 0.717) is 16.4 Å². The van der Waals surface area contributed by atoms with Crippen molar-refractivity contribution in [3.8, 4) is 11.3 Å². The van der Waals surface area contributed by atoms with Crippen molar-refractivity contribution in [1.29, 1.82) is 0 Å². The molecule has 0 saturated carbocycles. The van der Waals surface area contributed by atoms with Gasteiger partial charge in [-0.3, -0.25) is 14.8 Å². The van der Waals surface area contributed by atoms with Crippen LogP contribution in [0.3, 0.4) is 0 Å². The summed E-state index contributed by atoms with van der Waals surface area (Å²) in [7, 11) is -3.43. The van der Waals surface area contributed by atoms with E-state index >= 15 is 0 Å². The van der Waals surface area contributed by atoms with Crippen molar-refractivity contribution in [2.45, 2.75) is 33.1 Å². The van der Waals surface area contributed by atoms with Crippen molar-refractivity contribution in [1.82, 2.24) is 4.98 Å². The molecule has 3 rings (SSSR count). The largest absolute Gasteiger partial charge is 0.298 e. The molecular formula is C22H25N3O3S2. The number of sulfonamides is 1. The van der Waals surface area contributed by atoms with Gasteiger partial charge in [0, 0.05) is 16.5 Å². The van der Waals surface area contributed by atoms with Gasteiger partial charge >= 0.3 is 0 Å². The van der Waals surface area contributed by atoms with Gasteiger partial charge in [0.25, 0.3) is 5.91 Å². The van der Waals surface area contributed by atoms with Crippen molar-refractivity contribution >= 4 is 38.1 Å². The highest BCUT2D eigenvalue weighted by atomic mass is 32.2. The predicted octanol–water partition coefficient (Wildman–Crippen LogP) is 5.04. The molecule has 0 bridgehead atoms. The van der Waals surface area contributed by atoms with E-state index in [4.69, 9.17) is 0 Å². The molecule has 2 N–H and O–H groups in total. The van der Waals surface area contributed by atoms with Crippen molar-refractivity contribution in [2.24, 2.45) is 0 Å². The normalized spacial score (nSPS) is 11.9. The summed E-state index contributed by atoms with van der Waals surface area (Å²) in [6.45, 7) is 8.27. The summed E-state index contributed by atoms with van der Waals surface area (Å²) in [6, 6.07) is 13.1. The first-order chi connectivity index (χ1) is 13.9. The van der Waals surface area contributed by atoms with Gasteiger partial charge in [-0.15, -0.1) is 11.3 Å². The number of hydrogen-bond donors (Lipinski definition) is 2. The Morgan fingerprint density at radius 2 is 1.73 bits per heavy atom. The van der Waals surface area contributed by atoms with Crippen LogP contribution in [-0.4, -0.2) is 25.6 Å². The van der Waals surface area contributed by atoms with Gasteiger partial charge < -0.3 is 0 Å². The van der Waals surface area contributed by atoms with E-state index in [-0.39, 0.29) is 11.3 Å². The van der Waals surface area contributed by atoms with E-state index in [1.54, 1.807) is 19.1 Å². The van der Waals surface area contributed by atoms with Crippen LogP contribution in [0.15, 0.2) is 47.8 Å². The minimum absolute atomic E-state index is 0.0819. The minimum Gasteiger partial charge on any atom is -0.298 e. The SMILES string of the molecule is Cc1ccc(C(=O)Nc2nc(-c3ccc(C(C)(C)C)cc3)cs2)cc1NS(C)(=O)=O. The van der Waals surface area contributed by atoms with Crippen LogP contribution in [-0.2, 0) is 15.4 Å². The molecule has 2 aromatic carbocycles. The van der Waals surface area contributed by atoms with Gasteiger partial charge in [-0.2, -0.15) is 0 Å². The summed E-state index contributed by atoms with van der Waals surface area (Å²) in [5.74, 6) is -0.351. The maximum absolute atomic E-state index is 12.6. The van der Waals surface area contributed by atoms with Crippen molar-refractivity contribution in [3.05, 3.63) is 64.5 Å². The average molecular weight is 444 g/mol. The third-order valence-electron chi connectivity index (χ3n) is 4.57. The molecule has 1 heterocycles. The van der Waals surface area contributed by atoms with Crippen LogP contribution in [0.25, 0.3) is 11.3 Å². The van der Waals surface area contributed by atoms with Gasteiger partial charge in [-0.1, -0.05) is 51.1 Å². The number of nitrogens with zero attached hydrogens (tertiary/aromatic N) is 1. The number of benzene rings is 2. The lowest BCUT2D eigenvalue weighted by Gasteiger charge is -2.18. The third-order valence-corrected chi connectivity index (χ3v) is 5.91. The summed E-state index contributed by atoms with van der Waals surface area (Å²) in [4.78, 5) is 17.1. The molecule has 0 radical (unpaired) electrons. The molecule has 0 saturated heterocycles. The lowest BCUT2D eigenvalue weighted by atomic mass is 9.86. The lowest BCUT2D eigenvalue weighted by Crippen LogP contribution is -2.14. The number of aromatic nitrogens is 1. The quantitative estimate of drug-likeness (QED) is 0.578. The van der Waals surface area contributed by atoms with Crippen LogP contribution in [0, 0.1) is 6.92 Å². The molecule has 1 amide bonds. The summed E-state index contributed by atoms with van der Waals surface area (Å²) < 4.78 is 25.5. The highest BCUT2D eigenvalue weighted by molar-refractivity contribution is 7.92. The number of nitrogens with one attached hydrogen (secondary N) is 2. The Labute approximate surface area is 181 Å². The van der Waals surface area contributed by atoms with Gasteiger partial charge in [0.1, 0.15) is 0 Å². The Kier molecular flexibility index (Phi) is 6.01. The van der Waals surface area contributed by atoms with Gasteiger partial charge in [-0.25, -0.2) is 13.4 Å². The lowest BCUT2D eigenvalue weighted by molar-refractivity contribution is 0.102. The van der Waals surface area contributed by atoms with E-state index in [9.17, 15) is 13.2 Å². The molecule has 1 aromatic heterocycles. The van der Waals surface area contributed by atoms with Gasteiger partial charge in [0.15, 0.2) is 5.13 Å². The molecule has 0 unspecified atom stereocenters. The molecule has 0 spiro atoms. The molecule has 8 heteroatoms. The second-order valence-electron chi connectivity index (χ2n) is 8.22. The number of thiazole rings is 1. The second-order valence-corrected chi connectivity index (χ2v) is 10.8. The number of anilines is 2. The molecule has 0 atom stereocenters. The van der Waals surface area contributed by atoms with Gasteiger partial charge in [0.05, 0.1) is 17.6 Å². The van der Waals surface area contributed by atoms with Crippen molar-refractivity contribution in [2.75, 3.05) is 16.3 Å². The molecule has 30 heavy (non-hydrogen) atoms. The first-order valence-corrected chi connectivity index (χ1v) is 12.2. The van der Waals surface area contributed by atoms with Gasteiger partial charge in [-0.05, 0) is 35.6 Å². The van der Waals surface area contributed by atoms with E-state index in [0.717, 1.165) is 23.1 Å². The summed E-state index contributed by atoms with van der Waals surface area (Å²) in [5, 5.41) is 5.16. The second kappa shape index (κ2) is 8.20. The van der Waals surface area contributed by atoms with E-state index in [2.05, 4.69) is 47.9 Å². The minimum atomic E-state index is -3.43. The molecule has 0 aliphatic carbocycles. The average Bonchev–Trinajstić information content (AvgIpc) is 3.10. The Morgan fingerprint density at radius 1 is 1.07 bits per heavy atom. The van der Waals surface area contributed by atoms with E-state index < -0.39 is 10.0 Å². The van der Waals surface area contributed by atoms with Crippen LogP contribution in [0.2, 0.25) is 0 Å². The Balaban J connectivity index is 1.76. The molecule has 0 fully saturated rings. The van der Waals surface area contributed by atoms with Crippen LogP contribution < -0.4 is 10.0 Å². The summed E-state index contributed by atoms with van der Waals surface area (Å²) in [6.07, 6.45) is 1.07. The number of aryl methyl sites for hydroxylation is 1. The molecule has 0 aliphatic heterocycles. The molecular weight excluding hydrogens is 418 g/mol. The Hall–Kier alpha value is -2.71. The van der Waals surface area contributed by atoms with Crippen LogP contribution >= 0.6 is 11.3 Å². The fourth-order valence-electron chi connectivity index (χ4n) is 2.85. The highest BCUT2D eigenvalue weighted by Gasteiger charge is 2.15. The molecule has 0 aliphatic rings. The zero-order valence-corrected chi connectivity index (χ0v) is 19.2. The molecule has 6 nitrogen and oxygen atoms in total. The Bertz CT molecular complexity index is 1180. The predicted molar refractivity (Wildman–Crippen MR) is 124 cm³/mol. The molecule has 3 aromatic rings. The fourth-order valence-corrected chi connectivity index (χ4v) is 4.18. The maximum Gasteiger partial charge on any atom is 0.257 e. The number of carbonyl (C=O) groups excluding carboxylic acids is 1. The summed E-state index contributed by atoms with van der Waals surface area (Å²) >= 11 is 1.34. The maximum atomic E-state index is 12.6.